The summed E-state index contributed by atoms with van der Waals surface area (Å²) in [6.07, 6.45) is 0.112. The van der Waals surface area contributed by atoms with E-state index in [1.54, 1.807) is 12.1 Å². The summed E-state index contributed by atoms with van der Waals surface area (Å²) in [6.45, 7) is 6.15. The highest BCUT2D eigenvalue weighted by molar-refractivity contribution is 5.59. The molecule has 0 aliphatic carbocycles. The van der Waals surface area contributed by atoms with E-state index in [1.807, 2.05) is 12.1 Å². The smallest absolute Gasteiger partial charge is 0.128 e. The number of rotatable bonds is 3. The van der Waals surface area contributed by atoms with E-state index in [2.05, 4.69) is 72.2 Å². The summed E-state index contributed by atoms with van der Waals surface area (Å²) in [6, 6.07) is 25.0. The van der Waals surface area contributed by atoms with Crippen LogP contribution in [0.3, 0.4) is 0 Å². The molecule has 3 aromatic rings. The maximum atomic E-state index is 9.70. The van der Waals surface area contributed by atoms with Crippen LogP contribution in [-0.4, -0.2) is 18.2 Å². The van der Waals surface area contributed by atoms with Gasteiger partial charge < -0.3 is 14.9 Å². The van der Waals surface area contributed by atoms with Crippen LogP contribution in [0.5, 0.6) is 5.75 Å². The Morgan fingerprint density at radius 2 is 1.08 bits per heavy atom. The lowest BCUT2D eigenvalue weighted by molar-refractivity contribution is 0.475. The topological polar surface area (TPSA) is 26.7 Å². The van der Waals surface area contributed by atoms with Crippen LogP contribution in [0.2, 0.25) is 0 Å². The van der Waals surface area contributed by atoms with E-state index in [1.165, 1.54) is 28.1 Å². The van der Waals surface area contributed by atoms with Gasteiger partial charge in [-0.25, -0.2) is 0 Å². The van der Waals surface area contributed by atoms with Gasteiger partial charge in [-0.1, -0.05) is 47.5 Å². The number of anilines is 2. The summed E-state index contributed by atoms with van der Waals surface area (Å²) in [7, 11) is 0. The van der Waals surface area contributed by atoms with E-state index in [9.17, 15) is 5.11 Å². The SMILES string of the molecule is Cc1ccc(N2CCN(c3ccc(C)cc3)C2c2ccc(O)cc2)cc1. The second-order valence-electron chi connectivity index (χ2n) is 7.02. The van der Waals surface area contributed by atoms with Crippen LogP contribution in [0.1, 0.15) is 22.9 Å². The number of benzene rings is 3. The maximum Gasteiger partial charge on any atom is 0.128 e. The van der Waals surface area contributed by atoms with Crippen molar-refractivity contribution in [3.8, 4) is 5.75 Å². The van der Waals surface area contributed by atoms with Gasteiger partial charge in [-0.2, -0.15) is 0 Å². The lowest BCUT2D eigenvalue weighted by Gasteiger charge is -2.33. The average molecular weight is 344 g/mol. The molecule has 1 N–H and O–H groups in total. The number of hydrogen-bond donors (Lipinski definition) is 1. The Hall–Kier alpha value is -2.94. The monoisotopic (exact) mass is 344 g/mol. The summed E-state index contributed by atoms with van der Waals surface area (Å²) in [5.74, 6) is 0.301. The van der Waals surface area contributed by atoms with Crippen molar-refractivity contribution in [3.63, 3.8) is 0 Å². The first-order chi connectivity index (χ1) is 12.6. The standard InChI is InChI=1S/C23H24N2O/c1-17-3-9-20(10-4-17)24-15-16-25(21-11-5-18(2)6-12-21)23(24)19-7-13-22(26)14-8-19/h3-14,23,26H,15-16H2,1-2H3. The van der Waals surface area contributed by atoms with E-state index in [4.69, 9.17) is 0 Å². The van der Waals surface area contributed by atoms with Crippen molar-refractivity contribution in [3.05, 3.63) is 89.5 Å². The molecule has 0 bridgehead atoms. The number of aromatic hydroxyl groups is 1. The van der Waals surface area contributed by atoms with Crippen LogP contribution in [0.25, 0.3) is 0 Å². The number of aryl methyl sites for hydroxylation is 2. The number of nitrogens with zero attached hydrogens (tertiary/aromatic N) is 2. The molecule has 1 heterocycles. The minimum Gasteiger partial charge on any atom is -0.508 e. The van der Waals surface area contributed by atoms with Crippen molar-refractivity contribution >= 4 is 11.4 Å². The number of phenols is 1. The predicted molar refractivity (Wildman–Crippen MR) is 108 cm³/mol. The van der Waals surface area contributed by atoms with E-state index in [-0.39, 0.29) is 6.17 Å². The van der Waals surface area contributed by atoms with Crippen molar-refractivity contribution in [1.82, 2.24) is 0 Å². The average Bonchev–Trinajstić information content (AvgIpc) is 3.08. The molecule has 3 aromatic carbocycles. The molecule has 26 heavy (non-hydrogen) atoms. The minimum atomic E-state index is 0.112. The third-order valence-electron chi connectivity index (χ3n) is 5.09. The molecule has 1 fully saturated rings. The van der Waals surface area contributed by atoms with Crippen LogP contribution < -0.4 is 9.80 Å². The van der Waals surface area contributed by atoms with Gasteiger partial charge in [-0.05, 0) is 55.8 Å². The van der Waals surface area contributed by atoms with Gasteiger partial charge in [0, 0.05) is 24.5 Å². The van der Waals surface area contributed by atoms with Crippen LogP contribution in [-0.2, 0) is 0 Å². The maximum absolute atomic E-state index is 9.70. The molecular weight excluding hydrogens is 320 g/mol. The van der Waals surface area contributed by atoms with Gasteiger partial charge in [0.05, 0.1) is 0 Å². The first-order valence-electron chi connectivity index (χ1n) is 9.07. The largest absolute Gasteiger partial charge is 0.508 e. The van der Waals surface area contributed by atoms with Crippen molar-refractivity contribution in [2.24, 2.45) is 0 Å². The van der Waals surface area contributed by atoms with Crippen LogP contribution in [0.15, 0.2) is 72.8 Å². The van der Waals surface area contributed by atoms with Crippen LogP contribution in [0.4, 0.5) is 11.4 Å². The van der Waals surface area contributed by atoms with Gasteiger partial charge in [0.2, 0.25) is 0 Å². The highest BCUT2D eigenvalue weighted by Gasteiger charge is 2.33. The molecule has 0 unspecified atom stereocenters. The molecule has 0 amide bonds. The third-order valence-corrected chi connectivity index (χ3v) is 5.09. The van der Waals surface area contributed by atoms with Crippen LogP contribution >= 0.6 is 0 Å². The molecule has 1 aliphatic rings. The molecular formula is C23H24N2O. The summed E-state index contributed by atoms with van der Waals surface area (Å²) in [5, 5.41) is 9.70. The Morgan fingerprint density at radius 3 is 1.50 bits per heavy atom. The number of phenolic OH excluding ortho intramolecular Hbond substituents is 1. The van der Waals surface area contributed by atoms with E-state index in [0.29, 0.717) is 5.75 Å². The highest BCUT2D eigenvalue weighted by atomic mass is 16.3. The zero-order valence-electron chi connectivity index (χ0n) is 15.3. The summed E-state index contributed by atoms with van der Waals surface area (Å²) >= 11 is 0. The van der Waals surface area contributed by atoms with Crippen molar-refractivity contribution < 1.29 is 5.11 Å². The van der Waals surface area contributed by atoms with E-state index < -0.39 is 0 Å². The van der Waals surface area contributed by atoms with Crippen molar-refractivity contribution in [2.45, 2.75) is 20.0 Å². The zero-order valence-corrected chi connectivity index (χ0v) is 15.3. The van der Waals surface area contributed by atoms with Crippen molar-refractivity contribution in [1.29, 1.82) is 0 Å². The van der Waals surface area contributed by atoms with Gasteiger partial charge in [-0.3, -0.25) is 0 Å². The van der Waals surface area contributed by atoms with Gasteiger partial charge in [0.15, 0.2) is 0 Å². The second-order valence-corrected chi connectivity index (χ2v) is 7.02. The molecule has 0 spiro atoms. The Balaban J connectivity index is 1.75. The number of hydrogen-bond acceptors (Lipinski definition) is 3. The summed E-state index contributed by atoms with van der Waals surface area (Å²) in [5.41, 5.74) is 6.17. The quantitative estimate of drug-likeness (QED) is 0.721. The van der Waals surface area contributed by atoms with Gasteiger partial charge in [-0.15, -0.1) is 0 Å². The first kappa shape index (κ1) is 16.5. The summed E-state index contributed by atoms with van der Waals surface area (Å²) < 4.78 is 0. The molecule has 0 radical (unpaired) electrons. The van der Waals surface area contributed by atoms with E-state index in [0.717, 1.165) is 13.1 Å². The molecule has 132 valence electrons. The Morgan fingerprint density at radius 1 is 0.654 bits per heavy atom. The lowest BCUT2D eigenvalue weighted by Crippen LogP contribution is -2.30. The molecule has 4 rings (SSSR count). The van der Waals surface area contributed by atoms with E-state index >= 15 is 0 Å². The molecule has 1 aliphatic heterocycles. The van der Waals surface area contributed by atoms with Crippen molar-refractivity contribution in [2.75, 3.05) is 22.9 Å². The van der Waals surface area contributed by atoms with Gasteiger partial charge in [0.25, 0.3) is 0 Å². The molecule has 0 saturated carbocycles. The van der Waals surface area contributed by atoms with Gasteiger partial charge in [0.1, 0.15) is 11.9 Å². The third kappa shape index (κ3) is 3.13. The zero-order chi connectivity index (χ0) is 18.1. The molecule has 0 aromatic heterocycles. The molecule has 3 heteroatoms. The second kappa shape index (κ2) is 6.75. The Kier molecular flexibility index (Phi) is 4.29. The first-order valence-corrected chi connectivity index (χ1v) is 9.07. The fraction of sp³-hybridized carbons (Fsp3) is 0.217. The highest BCUT2D eigenvalue weighted by Crippen LogP contribution is 2.38. The van der Waals surface area contributed by atoms with Crippen LogP contribution in [0, 0.1) is 13.8 Å². The molecule has 0 atom stereocenters. The van der Waals surface area contributed by atoms with Gasteiger partial charge >= 0.3 is 0 Å². The summed E-state index contributed by atoms with van der Waals surface area (Å²) in [4.78, 5) is 4.87. The lowest BCUT2D eigenvalue weighted by atomic mass is 10.1. The molecule has 1 saturated heterocycles. The fourth-order valence-electron chi connectivity index (χ4n) is 3.65. The minimum absolute atomic E-state index is 0.112. The molecule has 3 nitrogen and oxygen atoms in total. The Bertz CT molecular complexity index is 816. The Labute approximate surface area is 155 Å². The fourth-order valence-corrected chi connectivity index (χ4v) is 3.65. The predicted octanol–water partition coefficient (Wildman–Crippen LogP) is 5.03. The normalized spacial score (nSPS) is 14.8.